The average molecular weight is 257 g/mol. The van der Waals surface area contributed by atoms with Crippen LogP contribution in [0.3, 0.4) is 0 Å². The summed E-state index contributed by atoms with van der Waals surface area (Å²) < 4.78 is 0. The van der Waals surface area contributed by atoms with Gasteiger partial charge in [0, 0.05) is 37.9 Å². The molecular formula is C14H15N3O2. The second kappa shape index (κ2) is 5.95. The Morgan fingerprint density at radius 2 is 1.89 bits per heavy atom. The number of aromatic nitrogens is 2. The zero-order valence-corrected chi connectivity index (χ0v) is 10.7. The Labute approximate surface area is 111 Å². The molecule has 0 radical (unpaired) electrons. The maximum atomic E-state index is 11.2. The van der Waals surface area contributed by atoms with E-state index in [0.29, 0.717) is 18.8 Å². The normalized spacial score (nSPS) is 10.2. The Hall–Kier alpha value is -2.43. The molecule has 2 aromatic heterocycles. The zero-order valence-electron chi connectivity index (χ0n) is 10.7. The van der Waals surface area contributed by atoms with Gasteiger partial charge in [-0.25, -0.2) is 4.79 Å². The van der Waals surface area contributed by atoms with Crippen molar-refractivity contribution < 1.29 is 9.90 Å². The second-order valence-electron chi connectivity index (χ2n) is 4.07. The van der Waals surface area contributed by atoms with Crippen molar-refractivity contribution in [2.45, 2.75) is 13.5 Å². The molecule has 0 spiro atoms. The Balaban J connectivity index is 2.30. The highest BCUT2D eigenvalue weighted by Gasteiger charge is 2.15. The molecule has 98 valence electrons. The van der Waals surface area contributed by atoms with E-state index in [1.807, 2.05) is 24.0 Å². The smallest absolute Gasteiger partial charge is 0.339 e. The topological polar surface area (TPSA) is 66.3 Å². The van der Waals surface area contributed by atoms with Crippen molar-refractivity contribution in [1.82, 2.24) is 9.97 Å². The molecule has 0 fully saturated rings. The van der Waals surface area contributed by atoms with Gasteiger partial charge >= 0.3 is 5.97 Å². The number of carboxylic acids is 1. The van der Waals surface area contributed by atoms with Gasteiger partial charge in [-0.05, 0) is 30.7 Å². The summed E-state index contributed by atoms with van der Waals surface area (Å²) in [7, 11) is 0. The van der Waals surface area contributed by atoms with Gasteiger partial charge in [0.15, 0.2) is 0 Å². The van der Waals surface area contributed by atoms with Gasteiger partial charge in [-0.15, -0.1) is 0 Å². The predicted molar refractivity (Wildman–Crippen MR) is 72.2 cm³/mol. The predicted octanol–water partition coefficient (Wildman–Crippen LogP) is 2.20. The van der Waals surface area contributed by atoms with Crippen molar-refractivity contribution in [2.75, 3.05) is 11.4 Å². The fourth-order valence-electron chi connectivity index (χ4n) is 1.90. The van der Waals surface area contributed by atoms with Crippen LogP contribution in [0.4, 0.5) is 5.69 Å². The van der Waals surface area contributed by atoms with Crippen molar-refractivity contribution in [1.29, 1.82) is 0 Å². The number of hydrogen-bond donors (Lipinski definition) is 1. The SMILES string of the molecule is CCN(Cc1ccncc1)c1ccncc1C(=O)O. The highest BCUT2D eigenvalue weighted by Crippen LogP contribution is 2.21. The van der Waals surface area contributed by atoms with Crippen LogP contribution in [-0.2, 0) is 6.54 Å². The molecule has 0 saturated heterocycles. The molecule has 19 heavy (non-hydrogen) atoms. The number of nitrogens with zero attached hydrogens (tertiary/aromatic N) is 3. The van der Waals surface area contributed by atoms with Crippen LogP contribution < -0.4 is 4.90 Å². The van der Waals surface area contributed by atoms with Crippen LogP contribution >= 0.6 is 0 Å². The molecule has 0 saturated carbocycles. The molecule has 2 aromatic rings. The van der Waals surface area contributed by atoms with E-state index in [0.717, 1.165) is 5.56 Å². The number of anilines is 1. The maximum absolute atomic E-state index is 11.2. The first-order valence-corrected chi connectivity index (χ1v) is 6.03. The van der Waals surface area contributed by atoms with E-state index < -0.39 is 5.97 Å². The fourth-order valence-corrected chi connectivity index (χ4v) is 1.90. The molecule has 0 bridgehead atoms. The fraction of sp³-hybridized carbons (Fsp3) is 0.214. The van der Waals surface area contributed by atoms with E-state index in [4.69, 9.17) is 0 Å². The summed E-state index contributed by atoms with van der Waals surface area (Å²) >= 11 is 0. The highest BCUT2D eigenvalue weighted by molar-refractivity contribution is 5.94. The van der Waals surface area contributed by atoms with E-state index in [1.54, 1.807) is 24.7 Å². The maximum Gasteiger partial charge on any atom is 0.339 e. The molecule has 0 atom stereocenters. The van der Waals surface area contributed by atoms with Crippen LogP contribution in [0.25, 0.3) is 0 Å². The quantitative estimate of drug-likeness (QED) is 0.889. The van der Waals surface area contributed by atoms with E-state index in [-0.39, 0.29) is 5.56 Å². The number of carboxylic acid groups (broad SMARTS) is 1. The summed E-state index contributed by atoms with van der Waals surface area (Å²) in [4.78, 5) is 21.1. The van der Waals surface area contributed by atoms with Crippen molar-refractivity contribution in [2.24, 2.45) is 0 Å². The Morgan fingerprint density at radius 1 is 1.21 bits per heavy atom. The zero-order chi connectivity index (χ0) is 13.7. The third-order valence-electron chi connectivity index (χ3n) is 2.87. The van der Waals surface area contributed by atoms with Crippen LogP contribution in [0.1, 0.15) is 22.8 Å². The third kappa shape index (κ3) is 3.07. The molecule has 2 rings (SSSR count). The van der Waals surface area contributed by atoms with Gasteiger partial charge in [-0.2, -0.15) is 0 Å². The Kier molecular flexibility index (Phi) is 4.07. The average Bonchev–Trinajstić information content (AvgIpc) is 2.46. The number of rotatable bonds is 5. The van der Waals surface area contributed by atoms with Crippen LogP contribution in [0.15, 0.2) is 43.0 Å². The first-order valence-electron chi connectivity index (χ1n) is 6.03. The molecule has 5 nitrogen and oxygen atoms in total. The van der Waals surface area contributed by atoms with Gasteiger partial charge in [0.25, 0.3) is 0 Å². The standard InChI is InChI=1S/C14H15N3O2/c1-2-17(10-11-3-6-15-7-4-11)13-5-8-16-9-12(13)14(18)19/h3-9H,2,10H2,1H3,(H,18,19). The molecule has 1 N–H and O–H groups in total. The summed E-state index contributed by atoms with van der Waals surface area (Å²) in [5.41, 5.74) is 1.99. The van der Waals surface area contributed by atoms with Crippen molar-refractivity contribution in [3.05, 3.63) is 54.1 Å². The summed E-state index contributed by atoms with van der Waals surface area (Å²) in [5.74, 6) is -0.962. The molecule has 0 aliphatic heterocycles. The molecule has 0 unspecified atom stereocenters. The van der Waals surface area contributed by atoms with Crippen molar-refractivity contribution >= 4 is 11.7 Å². The van der Waals surface area contributed by atoms with Crippen molar-refractivity contribution in [3.8, 4) is 0 Å². The monoisotopic (exact) mass is 257 g/mol. The van der Waals surface area contributed by atoms with Gasteiger partial charge in [-0.1, -0.05) is 0 Å². The third-order valence-corrected chi connectivity index (χ3v) is 2.87. The van der Waals surface area contributed by atoms with Gasteiger partial charge in [-0.3, -0.25) is 9.97 Å². The number of pyridine rings is 2. The number of carbonyl (C=O) groups is 1. The van der Waals surface area contributed by atoms with Crippen LogP contribution in [0.5, 0.6) is 0 Å². The summed E-state index contributed by atoms with van der Waals surface area (Å²) in [6.07, 6.45) is 6.45. The molecular weight excluding hydrogens is 242 g/mol. The number of aromatic carboxylic acids is 1. The lowest BCUT2D eigenvalue weighted by atomic mass is 10.2. The molecule has 2 heterocycles. The lowest BCUT2D eigenvalue weighted by Crippen LogP contribution is -2.24. The first kappa shape index (κ1) is 13.0. The summed E-state index contributed by atoms with van der Waals surface area (Å²) in [5, 5.41) is 9.20. The summed E-state index contributed by atoms with van der Waals surface area (Å²) in [6.45, 7) is 3.35. The van der Waals surface area contributed by atoms with Gasteiger partial charge < -0.3 is 10.0 Å². The minimum Gasteiger partial charge on any atom is -0.478 e. The van der Waals surface area contributed by atoms with Gasteiger partial charge in [0.05, 0.1) is 5.69 Å². The largest absolute Gasteiger partial charge is 0.478 e. The van der Waals surface area contributed by atoms with E-state index >= 15 is 0 Å². The van der Waals surface area contributed by atoms with E-state index in [2.05, 4.69) is 9.97 Å². The van der Waals surface area contributed by atoms with Crippen LogP contribution in [0.2, 0.25) is 0 Å². The minimum absolute atomic E-state index is 0.221. The van der Waals surface area contributed by atoms with Crippen LogP contribution in [-0.4, -0.2) is 27.6 Å². The van der Waals surface area contributed by atoms with Crippen LogP contribution in [0, 0.1) is 0 Å². The Bertz CT molecular complexity index is 558. The second-order valence-corrected chi connectivity index (χ2v) is 4.07. The molecule has 0 aliphatic carbocycles. The molecule has 0 amide bonds. The molecule has 5 heteroatoms. The highest BCUT2D eigenvalue weighted by atomic mass is 16.4. The van der Waals surface area contributed by atoms with E-state index in [9.17, 15) is 9.90 Å². The first-order chi connectivity index (χ1) is 9.22. The van der Waals surface area contributed by atoms with Crippen molar-refractivity contribution in [3.63, 3.8) is 0 Å². The molecule has 0 aromatic carbocycles. The minimum atomic E-state index is -0.962. The lowest BCUT2D eigenvalue weighted by Gasteiger charge is -2.24. The van der Waals surface area contributed by atoms with Gasteiger partial charge in [0.2, 0.25) is 0 Å². The van der Waals surface area contributed by atoms with Gasteiger partial charge in [0.1, 0.15) is 5.56 Å². The number of hydrogen-bond acceptors (Lipinski definition) is 4. The van der Waals surface area contributed by atoms with E-state index in [1.165, 1.54) is 6.20 Å². The molecule has 0 aliphatic rings. The summed E-state index contributed by atoms with van der Waals surface area (Å²) in [6, 6.07) is 5.57. The lowest BCUT2D eigenvalue weighted by molar-refractivity contribution is 0.0697. The Morgan fingerprint density at radius 3 is 2.53 bits per heavy atom.